The van der Waals surface area contributed by atoms with Crippen molar-refractivity contribution < 1.29 is 19.5 Å². The van der Waals surface area contributed by atoms with Crippen molar-refractivity contribution in [3.05, 3.63) is 0 Å². The first-order chi connectivity index (χ1) is 9.47. The highest BCUT2D eigenvalue weighted by atomic mass is 16.4. The highest BCUT2D eigenvalue weighted by molar-refractivity contribution is 5.90. The minimum absolute atomic E-state index is 0.123. The standard InChI is InChI=1S/C15H28N2O4/c1-7-15(8-2,13(20)21)9-11(18)16-10(3)12(19)17-14(4,5)6/h10H,7-9H2,1-6H3,(H,16,18)(H,17,19)(H,20,21). The number of hydrogen-bond acceptors (Lipinski definition) is 3. The van der Waals surface area contributed by atoms with Crippen LogP contribution in [-0.4, -0.2) is 34.5 Å². The molecule has 21 heavy (non-hydrogen) atoms. The Morgan fingerprint density at radius 2 is 1.57 bits per heavy atom. The quantitative estimate of drug-likeness (QED) is 0.666. The van der Waals surface area contributed by atoms with Crippen LogP contribution in [0.5, 0.6) is 0 Å². The smallest absolute Gasteiger partial charge is 0.310 e. The number of amides is 2. The Labute approximate surface area is 126 Å². The Balaban J connectivity index is 4.69. The first-order valence-electron chi connectivity index (χ1n) is 7.32. The van der Waals surface area contributed by atoms with Gasteiger partial charge in [0, 0.05) is 12.0 Å². The van der Waals surface area contributed by atoms with Crippen molar-refractivity contribution in [3.8, 4) is 0 Å². The first-order valence-corrected chi connectivity index (χ1v) is 7.32. The second-order valence-electron chi connectivity index (χ2n) is 6.50. The highest BCUT2D eigenvalue weighted by Gasteiger charge is 2.37. The van der Waals surface area contributed by atoms with Crippen LogP contribution in [-0.2, 0) is 14.4 Å². The van der Waals surface area contributed by atoms with Crippen LogP contribution in [0.2, 0.25) is 0 Å². The Morgan fingerprint density at radius 1 is 1.10 bits per heavy atom. The minimum atomic E-state index is -1.07. The number of carbonyl (C=O) groups excluding carboxylic acids is 2. The van der Waals surface area contributed by atoms with Crippen LogP contribution in [0.1, 0.15) is 60.8 Å². The van der Waals surface area contributed by atoms with Crippen LogP contribution in [0.4, 0.5) is 0 Å². The number of aliphatic carboxylic acids is 1. The van der Waals surface area contributed by atoms with Crippen LogP contribution < -0.4 is 10.6 Å². The number of carbonyl (C=O) groups is 3. The van der Waals surface area contributed by atoms with Crippen molar-refractivity contribution >= 4 is 17.8 Å². The summed E-state index contributed by atoms with van der Waals surface area (Å²) >= 11 is 0. The zero-order valence-electron chi connectivity index (χ0n) is 13.9. The molecule has 0 saturated carbocycles. The van der Waals surface area contributed by atoms with Gasteiger partial charge in [-0.05, 0) is 40.5 Å². The van der Waals surface area contributed by atoms with Crippen molar-refractivity contribution in [2.45, 2.75) is 72.4 Å². The SMILES string of the molecule is CCC(CC)(CC(=O)NC(C)C(=O)NC(C)(C)C)C(=O)O. The molecule has 1 unspecified atom stereocenters. The largest absolute Gasteiger partial charge is 0.481 e. The number of hydrogen-bond donors (Lipinski definition) is 3. The van der Waals surface area contributed by atoms with Gasteiger partial charge in [-0.15, -0.1) is 0 Å². The van der Waals surface area contributed by atoms with E-state index in [4.69, 9.17) is 0 Å². The molecule has 3 N–H and O–H groups in total. The van der Waals surface area contributed by atoms with Crippen molar-refractivity contribution in [2.24, 2.45) is 5.41 Å². The van der Waals surface area contributed by atoms with E-state index in [2.05, 4.69) is 10.6 Å². The van der Waals surface area contributed by atoms with E-state index in [1.807, 2.05) is 20.8 Å². The molecule has 2 amide bonds. The summed E-state index contributed by atoms with van der Waals surface area (Å²) in [6, 6.07) is -0.697. The summed E-state index contributed by atoms with van der Waals surface area (Å²) in [6.07, 6.45) is 0.617. The maximum Gasteiger partial charge on any atom is 0.310 e. The summed E-state index contributed by atoms with van der Waals surface area (Å²) < 4.78 is 0. The third kappa shape index (κ3) is 6.14. The molecule has 0 saturated heterocycles. The maximum atomic E-state index is 12.0. The molecule has 0 aromatic heterocycles. The molecule has 0 aliphatic heterocycles. The van der Waals surface area contributed by atoms with Gasteiger partial charge < -0.3 is 15.7 Å². The molecular formula is C15H28N2O4. The number of nitrogens with one attached hydrogen (secondary N) is 2. The van der Waals surface area contributed by atoms with Crippen molar-refractivity contribution in [1.29, 1.82) is 0 Å². The molecule has 0 radical (unpaired) electrons. The average molecular weight is 300 g/mol. The van der Waals surface area contributed by atoms with Gasteiger partial charge in [-0.3, -0.25) is 14.4 Å². The van der Waals surface area contributed by atoms with E-state index in [0.717, 1.165) is 0 Å². The molecule has 0 spiro atoms. The van der Waals surface area contributed by atoms with Crippen LogP contribution in [0, 0.1) is 5.41 Å². The van der Waals surface area contributed by atoms with Gasteiger partial charge >= 0.3 is 5.97 Å². The third-order valence-electron chi connectivity index (χ3n) is 3.58. The predicted molar refractivity (Wildman–Crippen MR) is 80.8 cm³/mol. The van der Waals surface area contributed by atoms with Crippen molar-refractivity contribution in [1.82, 2.24) is 10.6 Å². The normalized spacial score (nSPS) is 13.4. The zero-order valence-corrected chi connectivity index (χ0v) is 13.9. The van der Waals surface area contributed by atoms with Gasteiger partial charge in [0.15, 0.2) is 0 Å². The predicted octanol–water partition coefficient (Wildman–Crippen LogP) is 1.69. The molecule has 0 rings (SSSR count). The third-order valence-corrected chi connectivity index (χ3v) is 3.58. The van der Waals surface area contributed by atoms with E-state index < -0.39 is 23.3 Å². The molecule has 0 aliphatic carbocycles. The minimum Gasteiger partial charge on any atom is -0.481 e. The summed E-state index contributed by atoms with van der Waals surface area (Å²) in [6.45, 7) is 10.6. The molecule has 0 bridgehead atoms. The molecular weight excluding hydrogens is 272 g/mol. The fourth-order valence-corrected chi connectivity index (χ4v) is 2.02. The Morgan fingerprint density at radius 3 is 1.90 bits per heavy atom. The van der Waals surface area contributed by atoms with Crippen LogP contribution in [0.25, 0.3) is 0 Å². The molecule has 0 aromatic rings. The summed E-state index contributed by atoms with van der Waals surface area (Å²) in [4.78, 5) is 35.3. The lowest BCUT2D eigenvalue weighted by Crippen LogP contribution is -2.51. The van der Waals surface area contributed by atoms with Gasteiger partial charge in [0.25, 0.3) is 0 Å². The monoisotopic (exact) mass is 300 g/mol. The molecule has 0 aliphatic rings. The number of carboxylic acids is 1. The number of carboxylic acid groups (broad SMARTS) is 1. The Bertz CT molecular complexity index is 395. The zero-order chi connectivity index (χ0) is 16.8. The molecule has 0 aromatic carbocycles. The van der Waals surface area contributed by atoms with E-state index in [0.29, 0.717) is 12.8 Å². The molecule has 6 heteroatoms. The lowest BCUT2D eigenvalue weighted by molar-refractivity contribution is -0.152. The summed E-state index contributed by atoms with van der Waals surface area (Å²) in [5.41, 5.74) is -1.45. The molecule has 0 fully saturated rings. The first kappa shape index (κ1) is 19.4. The summed E-state index contributed by atoms with van der Waals surface area (Å²) in [5, 5.41) is 14.6. The summed E-state index contributed by atoms with van der Waals surface area (Å²) in [5.74, 6) is -1.68. The molecule has 6 nitrogen and oxygen atoms in total. The second-order valence-corrected chi connectivity index (χ2v) is 6.50. The Kier molecular flexibility index (Phi) is 6.86. The fraction of sp³-hybridized carbons (Fsp3) is 0.800. The van der Waals surface area contributed by atoms with E-state index in [1.54, 1.807) is 20.8 Å². The molecule has 122 valence electrons. The Hall–Kier alpha value is -1.59. The van der Waals surface area contributed by atoms with E-state index in [9.17, 15) is 19.5 Å². The van der Waals surface area contributed by atoms with Crippen LogP contribution >= 0.6 is 0 Å². The van der Waals surface area contributed by atoms with Gasteiger partial charge in [0.1, 0.15) is 6.04 Å². The lowest BCUT2D eigenvalue weighted by atomic mass is 9.79. The van der Waals surface area contributed by atoms with Gasteiger partial charge in [-0.2, -0.15) is 0 Å². The van der Waals surface area contributed by atoms with E-state index in [-0.39, 0.29) is 17.9 Å². The van der Waals surface area contributed by atoms with Gasteiger partial charge in [0.05, 0.1) is 5.41 Å². The van der Waals surface area contributed by atoms with Gasteiger partial charge in [0.2, 0.25) is 11.8 Å². The molecule has 1 atom stereocenters. The van der Waals surface area contributed by atoms with Gasteiger partial charge in [-0.1, -0.05) is 13.8 Å². The summed E-state index contributed by atoms with van der Waals surface area (Å²) in [7, 11) is 0. The number of rotatable bonds is 7. The maximum absolute atomic E-state index is 12.0. The molecule has 0 heterocycles. The van der Waals surface area contributed by atoms with Gasteiger partial charge in [-0.25, -0.2) is 0 Å². The van der Waals surface area contributed by atoms with Crippen molar-refractivity contribution in [3.63, 3.8) is 0 Å². The van der Waals surface area contributed by atoms with E-state index in [1.165, 1.54) is 0 Å². The topological polar surface area (TPSA) is 95.5 Å². The van der Waals surface area contributed by atoms with E-state index >= 15 is 0 Å². The fourth-order valence-electron chi connectivity index (χ4n) is 2.02. The highest BCUT2D eigenvalue weighted by Crippen LogP contribution is 2.30. The average Bonchev–Trinajstić information content (AvgIpc) is 2.33. The lowest BCUT2D eigenvalue weighted by Gasteiger charge is -2.27. The van der Waals surface area contributed by atoms with Crippen LogP contribution in [0.3, 0.4) is 0 Å². The second kappa shape index (κ2) is 7.43. The van der Waals surface area contributed by atoms with Crippen LogP contribution in [0.15, 0.2) is 0 Å². The van der Waals surface area contributed by atoms with Crippen molar-refractivity contribution in [2.75, 3.05) is 0 Å².